The molecule has 2 atom stereocenters. The van der Waals surface area contributed by atoms with Gasteiger partial charge in [0.05, 0.1) is 12.5 Å². The standard InChI is InChI=1S/C18H25NO4S2/c1-13(20)25-15(11-14-7-5-4-6-8-14)12-16(21)19-17(24-3)9-10-18(22)23-2/h4-8,15,17H,9-12H2,1-3H3,(H,19,21). The predicted molar refractivity (Wildman–Crippen MR) is 104 cm³/mol. The summed E-state index contributed by atoms with van der Waals surface area (Å²) in [4.78, 5) is 35.1. The molecular formula is C18H25NO4S2. The van der Waals surface area contributed by atoms with Crippen LogP contribution in [0, 0.1) is 0 Å². The molecule has 1 aromatic rings. The smallest absolute Gasteiger partial charge is 0.305 e. The van der Waals surface area contributed by atoms with Gasteiger partial charge in [0, 0.05) is 25.0 Å². The largest absolute Gasteiger partial charge is 0.469 e. The molecule has 0 radical (unpaired) electrons. The Hall–Kier alpha value is -1.47. The molecule has 0 aliphatic carbocycles. The first-order valence-corrected chi connectivity index (χ1v) is 10.2. The number of methoxy groups -OCH3 is 1. The van der Waals surface area contributed by atoms with Crippen molar-refractivity contribution >= 4 is 40.5 Å². The highest BCUT2D eigenvalue weighted by Gasteiger charge is 2.20. The van der Waals surface area contributed by atoms with Crippen LogP contribution in [0.5, 0.6) is 0 Å². The minimum Gasteiger partial charge on any atom is -0.469 e. The second-order valence-corrected chi connectivity index (χ2v) is 8.05. The third-order valence-electron chi connectivity index (χ3n) is 3.50. The molecule has 138 valence electrons. The molecule has 1 amide bonds. The molecule has 0 saturated carbocycles. The van der Waals surface area contributed by atoms with Crippen molar-refractivity contribution in [3.63, 3.8) is 0 Å². The van der Waals surface area contributed by atoms with Crippen LogP contribution in [-0.2, 0) is 25.5 Å². The van der Waals surface area contributed by atoms with E-state index in [1.165, 1.54) is 37.6 Å². The van der Waals surface area contributed by atoms with Gasteiger partial charge in [-0.1, -0.05) is 42.1 Å². The minimum absolute atomic E-state index is 0.000777. The van der Waals surface area contributed by atoms with Crippen molar-refractivity contribution in [2.75, 3.05) is 13.4 Å². The molecule has 0 aliphatic rings. The van der Waals surface area contributed by atoms with E-state index >= 15 is 0 Å². The van der Waals surface area contributed by atoms with E-state index in [4.69, 9.17) is 0 Å². The SMILES string of the molecule is COC(=O)CCC(NC(=O)CC(Cc1ccccc1)SC(C)=O)SC. The Morgan fingerprint density at radius 1 is 1.20 bits per heavy atom. The van der Waals surface area contributed by atoms with Crippen LogP contribution in [0.15, 0.2) is 30.3 Å². The Bertz CT molecular complexity index is 565. The molecule has 1 N–H and O–H groups in total. The average Bonchev–Trinajstić information content (AvgIpc) is 2.58. The summed E-state index contributed by atoms with van der Waals surface area (Å²) >= 11 is 2.68. The Kier molecular flexibility index (Phi) is 10.3. The zero-order valence-electron chi connectivity index (χ0n) is 14.8. The molecule has 0 aromatic heterocycles. The molecule has 0 aliphatic heterocycles. The number of ether oxygens (including phenoxy) is 1. The van der Waals surface area contributed by atoms with Crippen LogP contribution in [0.4, 0.5) is 0 Å². The van der Waals surface area contributed by atoms with E-state index < -0.39 is 0 Å². The van der Waals surface area contributed by atoms with Gasteiger partial charge in [-0.2, -0.15) is 0 Å². The first-order chi connectivity index (χ1) is 11.9. The minimum atomic E-state index is -0.289. The summed E-state index contributed by atoms with van der Waals surface area (Å²) in [5.41, 5.74) is 1.10. The molecule has 0 spiro atoms. The number of nitrogens with one attached hydrogen (secondary N) is 1. The van der Waals surface area contributed by atoms with Crippen LogP contribution in [-0.4, -0.2) is 41.0 Å². The van der Waals surface area contributed by atoms with Gasteiger partial charge in [-0.15, -0.1) is 11.8 Å². The zero-order valence-corrected chi connectivity index (χ0v) is 16.5. The van der Waals surface area contributed by atoms with Crippen LogP contribution in [0.1, 0.15) is 31.7 Å². The lowest BCUT2D eigenvalue weighted by Gasteiger charge is -2.19. The van der Waals surface area contributed by atoms with Crippen LogP contribution < -0.4 is 5.32 Å². The third-order valence-corrected chi connectivity index (χ3v) is 5.42. The number of hydrogen-bond donors (Lipinski definition) is 1. The van der Waals surface area contributed by atoms with Crippen LogP contribution in [0.3, 0.4) is 0 Å². The molecular weight excluding hydrogens is 358 g/mol. The third kappa shape index (κ3) is 9.55. The monoisotopic (exact) mass is 383 g/mol. The van der Waals surface area contributed by atoms with Gasteiger partial charge in [0.15, 0.2) is 5.12 Å². The van der Waals surface area contributed by atoms with Crippen LogP contribution in [0.25, 0.3) is 0 Å². The fourth-order valence-electron chi connectivity index (χ4n) is 2.31. The normalized spacial score (nSPS) is 12.9. The molecule has 0 heterocycles. The van der Waals surface area contributed by atoms with Gasteiger partial charge in [-0.05, 0) is 24.7 Å². The van der Waals surface area contributed by atoms with Crippen molar-refractivity contribution in [1.82, 2.24) is 5.32 Å². The van der Waals surface area contributed by atoms with E-state index in [0.29, 0.717) is 12.8 Å². The molecule has 0 fully saturated rings. The highest BCUT2D eigenvalue weighted by atomic mass is 32.2. The molecule has 7 heteroatoms. The number of thioether (sulfide) groups is 2. The maximum Gasteiger partial charge on any atom is 0.305 e. The molecule has 0 saturated heterocycles. The number of rotatable bonds is 10. The predicted octanol–water partition coefficient (Wildman–Crippen LogP) is 3.03. The Morgan fingerprint density at radius 2 is 1.88 bits per heavy atom. The number of hydrogen-bond acceptors (Lipinski definition) is 6. The highest BCUT2D eigenvalue weighted by molar-refractivity contribution is 8.14. The van der Waals surface area contributed by atoms with E-state index in [1.54, 1.807) is 0 Å². The van der Waals surface area contributed by atoms with Gasteiger partial charge in [0.25, 0.3) is 0 Å². The van der Waals surface area contributed by atoms with E-state index in [2.05, 4.69) is 10.1 Å². The quantitative estimate of drug-likeness (QED) is 0.495. The fourth-order valence-corrected chi connectivity index (χ4v) is 3.90. The first-order valence-electron chi connectivity index (χ1n) is 8.04. The van der Waals surface area contributed by atoms with Gasteiger partial charge < -0.3 is 10.1 Å². The second-order valence-electron chi connectivity index (χ2n) is 5.53. The summed E-state index contributed by atoms with van der Waals surface area (Å²) in [6.45, 7) is 1.52. The number of carbonyl (C=O) groups is 3. The second kappa shape index (κ2) is 12.0. The molecule has 0 bridgehead atoms. The number of benzene rings is 1. The maximum atomic E-state index is 12.3. The van der Waals surface area contributed by atoms with E-state index in [9.17, 15) is 14.4 Å². The topological polar surface area (TPSA) is 72.5 Å². The summed E-state index contributed by atoms with van der Waals surface area (Å²) in [7, 11) is 1.35. The van der Waals surface area contributed by atoms with Crippen LogP contribution >= 0.6 is 23.5 Å². The van der Waals surface area contributed by atoms with Gasteiger partial charge in [-0.3, -0.25) is 14.4 Å². The summed E-state index contributed by atoms with van der Waals surface area (Å²) < 4.78 is 4.62. The molecule has 5 nitrogen and oxygen atoms in total. The molecule has 2 unspecified atom stereocenters. The maximum absolute atomic E-state index is 12.3. The van der Waals surface area contributed by atoms with Crippen molar-refractivity contribution in [3.05, 3.63) is 35.9 Å². The summed E-state index contributed by atoms with van der Waals surface area (Å²) in [6.07, 6.45) is 3.58. The Labute approximate surface area is 157 Å². The van der Waals surface area contributed by atoms with Crippen molar-refractivity contribution in [1.29, 1.82) is 0 Å². The van der Waals surface area contributed by atoms with Gasteiger partial charge in [-0.25, -0.2) is 0 Å². The van der Waals surface area contributed by atoms with Crippen molar-refractivity contribution in [3.8, 4) is 0 Å². The lowest BCUT2D eigenvalue weighted by atomic mass is 10.1. The molecule has 1 aromatic carbocycles. The highest BCUT2D eigenvalue weighted by Crippen LogP contribution is 2.21. The fraction of sp³-hybridized carbons (Fsp3) is 0.500. The molecule has 25 heavy (non-hydrogen) atoms. The van der Waals surface area contributed by atoms with Gasteiger partial charge in [0.2, 0.25) is 5.91 Å². The Morgan fingerprint density at radius 3 is 2.44 bits per heavy atom. The lowest BCUT2D eigenvalue weighted by molar-refractivity contribution is -0.140. The Balaban J connectivity index is 2.57. The average molecular weight is 384 g/mol. The van der Waals surface area contributed by atoms with Crippen molar-refractivity contribution < 1.29 is 19.1 Å². The number of carbonyl (C=O) groups excluding carboxylic acids is 3. The lowest BCUT2D eigenvalue weighted by Crippen LogP contribution is -2.35. The molecule has 1 rings (SSSR count). The zero-order chi connectivity index (χ0) is 18.7. The van der Waals surface area contributed by atoms with E-state index in [-0.39, 0.29) is 40.5 Å². The van der Waals surface area contributed by atoms with Crippen molar-refractivity contribution in [2.45, 2.75) is 43.2 Å². The summed E-state index contributed by atoms with van der Waals surface area (Å²) in [5, 5.41) is 2.67. The number of amides is 1. The van der Waals surface area contributed by atoms with E-state index in [1.807, 2.05) is 36.6 Å². The van der Waals surface area contributed by atoms with E-state index in [0.717, 1.165) is 5.56 Å². The summed E-state index contributed by atoms with van der Waals surface area (Å²) in [5.74, 6) is -0.402. The van der Waals surface area contributed by atoms with Crippen LogP contribution in [0.2, 0.25) is 0 Å². The number of esters is 1. The van der Waals surface area contributed by atoms with Crippen molar-refractivity contribution in [2.24, 2.45) is 0 Å². The van der Waals surface area contributed by atoms with Gasteiger partial charge >= 0.3 is 5.97 Å². The first kappa shape index (κ1) is 21.6. The summed E-state index contributed by atoms with van der Waals surface area (Å²) in [6, 6.07) is 9.82. The van der Waals surface area contributed by atoms with Gasteiger partial charge in [0.1, 0.15) is 0 Å².